The van der Waals surface area contributed by atoms with E-state index in [1.807, 2.05) is 18.7 Å². The monoisotopic (exact) mass is 288 g/mol. The topological polar surface area (TPSA) is 32.3 Å². The van der Waals surface area contributed by atoms with Gasteiger partial charge in [-0.2, -0.15) is 0 Å². The summed E-state index contributed by atoms with van der Waals surface area (Å²) >= 11 is 0. The number of carbonyl (C=O) groups is 1. The Labute approximate surface area is 128 Å². The molecule has 1 fully saturated rings. The molecule has 0 unspecified atom stereocenters. The zero-order chi connectivity index (χ0) is 15.4. The van der Waals surface area contributed by atoms with E-state index in [9.17, 15) is 4.79 Å². The van der Waals surface area contributed by atoms with E-state index in [4.69, 9.17) is 0 Å². The maximum absolute atomic E-state index is 12.0. The second-order valence-electron chi connectivity index (χ2n) is 6.51. The molecule has 1 aliphatic rings. The fourth-order valence-corrected chi connectivity index (χ4v) is 3.04. The lowest BCUT2D eigenvalue weighted by atomic mass is 10.0. The van der Waals surface area contributed by atoms with Crippen molar-refractivity contribution in [3.8, 4) is 0 Å². The van der Waals surface area contributed by atoms with Crippen molar-refractivity contribution in [2.45, 2.75) is 53.1 Å². The van der Waals surface area contributed by atoms with E-state index in [2.05, 4.69) is 37.4 Å². The smallest absolute Gasteiger partial charge is 0.225 e. The Kier molecular flexibility index (Phi) is 5.40. The SMILES string of the molecule is Cc1cccc(C)c1CNC1CCN(C(=O)C(C)C)CC1. The molecule has 0 saturated carbocycles. The van der Waals surface area contributed by atoms with Gasteiger partial charge in [-0.15, -0.1) is 0 Å². The summed E-state index contributed by atoms with van der Waals surface area (Å²) in [5, 5.41) is 3.67. The van der Waals surface area contributed by atoms with Gasteiger partial charge in [0, 0.05) is 31.6 Å². The largest absolute Gasteiger partial charge is 0.342 e. The Morgan fingerprint density at radius 3 is 2.33 bits per heavy atom. The molecule has 0 radical (unpaired) electrons. The van der Waals surface area contributed by atoms with Crippen molar-refractivity contribution >= 4 is 5.91 Å². The Morgan fingerprint density at radius 1 is 1.24 bits per heavy atom. The highest BCUT2D eigenvalue weighted by Gasteiger charge is 2.23. The third-order valence-corrected chi connectivity index (χ3v) is 4.51. The molecule has 1 aliphatic heterocycles. The van der Waals surface area contributed by atoms with Crippen LogP contribution in [0.1, 0.15) is 43.4 Å². The van der Waals surface area contributed by atoms with Crippen molar-refractivity contribution in [2.75, 3.05) is 13.1 Å². The Morgan fingerprint density at radius 2 is 1.81 bits per heavy atom. The van der Waals surface area contributed by atoms with Crippen molar-refractivity contribution in [1.82, 2.24) is 10.2 Å². The number of benzene rings is 1. The first-order chi connectivity index (χ1) is 9.99. The molecule has 0 aliphatic carbocycles. The minimum absolute atomic E-state index is 0.115. The lowest BCUT2D eigenvalue weighted by molar-refractivity contribution is -0.135. The van der Waals surface area contributed by atoms with Crippen LogP contribution in [0.3, 0.4) is 0 Å². The molecule has 0 bridgehead atoms. The van der Waals surface area contributed by atoms with Crippen LogP contribution in [0.5, 0.6) is 0 Å². The standard InChI is InChI=1S/C18H28N2O/c1-13(2)18(21)20-10-8-16(9-11-20)19-12-17-14(3)6-5-7-15(17)4/h5-7,13,16,19H,8-12H2,1-4H3. The lowest BCUT2D eigenvalue weighted by Crippen LogP contribution is -2.46. The van der Waals surface area contributed by atoms with Crippen LogP contribution in [0.25, 0.3) is 0 Å². The number of amides is 1. The van der Waals surface area contributed by atoms with E-state index in [0.29, 0.717) is 11.9 Å². The molecule has 2 rings (SSSR count). The molecule has 116 valence electrons. The van der Waals surface area contributed by atoms with Gasteiger partial charge in [-0.1, -0.05) is 32.0 Å². The molecule has 3 nitrogen and oxygen atoms in total. The van der Waals surface area contributed by atoms with Gasteiger partial charge < -0.3 is 10.2 Å². The molecule has 1 aromatic rings. The molecule has 1 aromatic carbocycles. The number of piperidine rings is 1. The summed E-state index contributed by atoms with van der Waals surface area (Å²) in [6, 6.07) is 6.99. The molecule has 0 aromatic heterocycles. The van der Waals surface area contributed by atoms with Gasteiger partial charge in [0.05, 0.1) is 0 Å². The van der Waals surface area contributed by atoms with Gasteiger partial charge in [-0.05, 0) is 43.4 Å². The number of hydrogen-bond acceptors (Lipinski definition) is 2. The maximum Gasteiger partial charge on any atom is 0.225 e. The average Bonchev–Trinajstić information content (AvgIpc) is 2.46. The normalized spacial score (nSPS) is 16.5. The minimum Gasteiger partial charge on any atom is -0.342 e. The van der Waals surface area contributed by atoms with E-state index >= 15 is 0 Å². The third kappa shape index (κ3) is 4.07. The second-order valence-corrected chi connectivity index (χ2v) is 6.51. The molecule has 1 heterocycles. The van der Waals surface area contributed by atoms with Crippen LogP contribution in [0.2, 0.25) is 0 Å². The van der Waals surface area contributed by atoms with Gasteiger partial charge >= 0.3 is 0 Å². The molecule has 21 heavy (non-hydrogen) atoms. The molecule has 1 saturated heterocycles. The summed E-state index contributed by atoms with van der Waals surface area (Å²) in [6.07, 6.45) is 2.12. The second kappa shape index (κ2) is 7.08. The summed E-state index contributed by atoms with van der Waals surface area (Å²) in [6.45, 7) is 11.0. The van der Waals surface area contributed by atoms with Gasteiger partial charge in [-0.3, -0.25) is 4.79 Å². The number of hydrogen-bond donors (Lipinski definition) is 1. The van der Waals surface area contributed by atoms with Gasteiger partial charge in [0.2, 0.25) is 5.91 Å². The van der Waals surface area contributed by atoms with E-state index in [1.165, 1.54) is 16.7 Å². The molecule has 3 heteroatoms. The van der Waals surface area contributed by atoms with Crippen LogP contribution >= 0.6 is 0 Å². The van der Waals surface area contributed by atoms with Gasteiger partial charge in [0.25, 0.3) is 0 Å². The average molecular weight is 288 g/mol. The Hall–Kier alpha value is -1.35. The number of nitrogens with one attached hydrogen (secondary N) is 1. The zero-order valence-electron chi connectivity index (χ0n) is 13.8. The van der Waals surface area contributed by atoms with Crippen molar-refractivity contribution in [3.63, 3.8) is 0 Å². The van der Waals surface area contributed by atoms with E-state index < -0.39 is 0 Å². The van der Waals surface area contributed by atoms with E-state index in [-0.39, 0.29) is 5.92 Å². The molecular weight excluding hydrogens is 260 g/mol. The molecular formula is C18H28N2O. The quantitative estimate of drug-likeness (QED) is 0.923. The number of likely N-dealkylation sites (tertiary alicyclic amines) is 1. The van der Waals surface area contributed by atoms with Gasteiger partial charge in [-0.25, -0.2) is 0 Å². The zero-order valence-corrected chi connectivity index (χ0v) is 13.8. The lowest BCUT2D eigenvalue weighted by Gasteiger charge is -2.33. The Balaban J connectivity index is 1.83. The molecule has 0 spiro atoms. The number of carbonyl (C=O) groups excluding carboxylic acids is 1. The Bertz CT molecular complexity index is 468. The third-order valence-electron chi connectivity index (χ3n) is 4.51. The van der Waals surface area contributed by atoms with Crippen molar-refractivity contribution < 1.29 is 4.79 Å². The fraction of sp³-hybridized carbons (Fsp3) is 0.611. The summed E-state index contributed by atoms with van der Waals surface area (Å²) in [7, 11) is 0. The number of nitrogens with zero attached hydrogens (tertiary/aromatic N) is 1. The molecule has 1 N–H and O–H groups in total. The number of aryl methyl sites for hydroxylation is 2. The van der Waals surface area contributed by atoms with Crippen molar-refractivity contribution in [1.29, 1.82) is 0 Å². The highest BCUT2D eigenvalue weighted by molar-refractivity contribution is 5.78. The number of rotatable bonds is 4. The predicted molar refractivity (Wildman–Crippen MR) is 87.2 cm³/mol. The predicted octanol–water partition coefficient (Wildman–Crippen LogP) is 3.04. The summed E-state index contributed by atoms with van der Waals surface area (Å²) in [5.41, 5.74) is 4.13. The first-order valence-electron chi connectivity index (χ1n) is 8.06. The highest BCUT2D eigenvalue weighted by Crippen LogP contribution is 2.16. The molecule has 0 atom stereocenters. The van der Waals surface area contributed by atoms with Gasteiger partial charge in [0.15, 0.2) is 0 Å². The summed E-state index contributed by atoms with van der Waals surface area (Å²) in [4.78, 5) is 14.0. The first-order valence-corrected chi connectivity index (χ1v) is 8.06. The molecule has 1 amide bonds. The summed E-state index contributed by atoms with van der Waals surface area (Å²) < 4.78 is 0. The van der Waals surface area contributed by atoms with Crippen LogP contribution in [-0.4, -0.2) is 29.9 Å². The van der Waals surface area contributed by atoms with Crippen LogP contribution in [-0.2, 0) is 11.3 Å². The van der Waals surface area contributed by atoms with Crippen molar-refractivity contribution in [3.05, 3.63) is 34.9 Å². The van der Waals surface area contributed by atoms with Crippen LogP contribution in [0.15, 0.2) is 18.2 Å². The van der Waals surface area contributed by atoms with E-state index in [1.54, 1.807) is 0 Å². The van der Waals surface area contributed by atoms with Crippen LogP contribution in [0.4, 0.5) is 0 Å². The highest BCUT2D eigenvalue weighted by atomic mass is 16.2. The summed E-state index contributed by atoms with van der Waals surface area (Å²) in [5.74, 6) is 0.410. The van der Waals surface area contributed by atoms with Crippen LogP contribution < -0.4 is 5.32 Å². The van der Waals surface area contributed by atoms with Crippen LogP contribution in [0, 0.1) is 19.8 Å². The minimum atomic E-state index is 0.115. The fourth-order valence-electron chi connectivity index (χ4n) is 3.04. The van der Waals surface area contributed by atoms with E-state index in [0.717, 1.165) is 32.5 Å². The maximum atomic E-state index is 12.0. The van der Waals surface area contributed by atoms with Gasteiger partial charge in [0.1, 0.15) is 0 Å². The first kappa shape index (κ1) is 16.0. The van der Waals surface area contributed by atoms with Crippen molar-refractivity contribution in [2.24, 2.45) is 5.92 Å².